The number of halogens is 2. The molecule has 1 nitrogen and oxygen atoms in total. The Morgan fingerprint density at radius 3 is 2.57 bits per heavy atom. The molecule has 74 valence electrons. The van der Waals surface area contributed by atoms with Crippen LogP contribution < -0.4 is 0 Å². The van der Waals surface area contributed by atoms with Crippen molar-refractivity contribution in [2.75, 3.05) is 0 Å². The van der Waals surface area contributed by atoms with Crippen molar-refractivity contribution in [2.24, 2.45) is 0 Å². The maximum Gasteiger partial charge on any atom is 0.251 e. The molecule has 0 bridgehead atoms. The lowest BCUT2D eigenvalue weighted by atomic mass is 10.0. The van der Waals surface area contributed by atoms with E-state index in [4.69, 9.17) is 5.26 Å². The van der Waals surface area contributed by atoms with Crippen molar-refractivity contribution in [1.82, 2.24) is 0 Å². The van der Waals surface area contributed by atoms with Crippen molar-refractivity contribution in [1.29, 1.82) is 5.26 Å². The second-order valence-corrected chi connectivity index (χ2v) is 3.16. The van der Waals surface area contributed by atoms with E-state index in [1.54, 1.807) is 24.3 Å². The maximum absolute atomic E-state index is 13.0. The van der Waals surface area contributed by atoms with Gasteiger partial charge >= 0.3 is 0 Å². The van der Waals surface area contributed by atoms with Gasteiger partial charge in [0.05, 0.1) is 11.6 Å². The van der Waals surface area contributed by atoms with Gasteiger partial charge in [0.2, 0.25) is 0 Å². The largest absolute Gasteiger partial charge is 0.251 e. The van der Waals surface area contributed by atoms with E-state index in [9.17, 15) is 8.78 Å². The number of rotatable bonds is 3. The van der Waals surface area contributed by atoms with E-state index in [0.29, 0.717) is 11.1 Å². The molecule has 0 aromatic heterocycles. The second kappa shape index (κ2) is 4.19. The number of nitrogens with zero attached hydrogens (tertiary/aromatic N) is 1. The predicted molar refractivity (Wildman–Crippen MR) is 50.1 cm³/mol. The molecule has 0 amide bonds. The van der Waals surface area contributed by atoms with Gasteiger partial charge in [-0.15, -0.1) is 0 Å². The quantitative estimate of drug-likeness (QED) is 0.726. The summed E-state index contributed by atoms with van der Waals surface area (Å²) in [6.45, 7) is 1.44. The van der Waals surface area contributed by atoms with Crippen LogP contribution in [0.3, 0.4) is 0 Å². The first-order chi connectivity index (χ1) is 6.59. The standard InChI is InChI=1S/C11H11F2N/c1-2-11(12,13)7-9-5-3-4-6-10(9)8-14/h3-6H,2,7H2,1H3. The lowest BCUT2D eigenvalue weighted by Gasteiger charge is -2.14. The van der Waals surface area contributed by atoms with Crippen molar-refractivity contribution in [3.63, 3.8) is 0 Å². The number of benzene rings is 1. The summed E-state index contributed by atoms with van der Waals surface area (Å²) in [5.74, 6) is -2.72. The smallest absolute Gasteiger partial charge is 0.207 e. The molecule has 14 heavy (non-hydrogen) atoms. The Morgan fingerprint density at radius 2 is 2.00 bits per heavy atom. The Morgan fingerprint density at radius 1 is 1.36 bits per heavy atom. The fraction of sp³-hybridized carbons (Fsp3) is 0.364. The van der Waals surface area contributed by atoms with E-state index in [1.165, 1.54) is 6.92 Å². The molecule has 1 aromatic rings. The van der Waals surface area contributed by atoms with Crippen molar-refractivity contribution in [3.8, 4) is 6.07 Å². The zero-order chi connectivity index (χ0) is 10.6. The van der Waals surface area contributed by atoms with Gasteiger partial charge in [-0.2, -0.15) is 5.26 Å². The Hall–Kier alpha value is -1.43. The lowest BCUT2D eigenvalue weighted by Crippen LogP contribution is -2.18. The van der Waals surface area contributed by atoms with Gasteiger partial charge in [0.1, 0.15) is 0 Å². The van der Waals surface area contributed by atoms with Gasteiger partial charge in [-0.3, -0.25) is 0 Å². The summed E-state index contributed by atoms with van der Waals surface area (Å²) < 4.78 is 26.1. The average Bonchev–Trinajstić information content (AvgIpc) is 2.18. The molecule has 0 aliphatic rings. The third-order valence-electron chi connectivity index (χ3n) is 2.10. The SMILES string of the molecule is CCC(F)(F)Cc1ccccc1C#N. The second-order valence-electron chi connectivity index (χ2n) is 3.16. The zero-order valence-electron chi connectivity index (χ0n) is 7.93. The summed E-state index contributed by atoms with van der Waals surface area (Å²) in [7, 11) is 0. The van der Waals surface area contributed by atoms with Crippen LogP contribution in [0.4, 0.5) is 8.78 Å². The minimum Gasteiger partial charge on any atom is -0.207 e. The van der Waals surface area contributed by atoms with Crippen LogP contribution in [-0.2, 0) is 6.42 Å². The first-order valence-electron chi connectivity index (χ1n) is 4.45. The highest BCUT2D eigenvalue weighted by molar-refractivity contribution is 5.37. The summed E-state index contributed by atoms with van der Waals surface area (Å²) in [4.78, 5) is 0. The van der Waals surface area contributed by atoms with Crippen LogP contribution in [0.25, 0.3) is 0 Å². The molecule has 3 heteroatoms. The van der Waals surface area contributed by atoms with Crippen molar-refractivity contribution in [2.45, 2.75) is 25.7 Å². The molecule has 0 atom stereocenters. The van der Waals surface area contributed by atoms with Crippen LogP contribution >= 0.6 is 0 Å². The highest BCUT2D eigenvalue weighted by Crippen LogP contribution is 2.24. The Balaban J connectivity index is 2.92. The zero-order valence-corrected chi connectivity index (χ0v) is 7.93. The summed E-state index contributed by atoms with van der Waals surface area (Å²) in [6.07, 6.45) is -0.556. The van der Waals surface area contributed by atoms with Gasteiger partial charge in [-0.05, 0) is 11.6 Å². The highest BCUT2D eigenvalue weighted by atomic mass is 19.3. The van der Waals surface area contributed by atoms with Gasteiger partial charge in [-0.1, -0.05) is 25.1 Å². The molecular formula is C11H11F2N. The van der Waals surface area contributed by atoms with Crippen molar-refractivity contribution in [3.05, 3.63) is 35.4 Å². The molecular weight excluding hydrogens is 184 g/mol. The molecule has 0 heterocycles. The maximum atomic E-state index is 13.0. The summed E-state index contributed by atoms with van der Waals surface area (Å²) in [5, 5.41) is 8.69. The van der Waals surface area contributed by atoms with Gasteiger partial charge in [0, 0.05) is 12.8 Å². The molecule has 0 fully saturated rings. The Kier molecular flexibility index (Phi) is 3.19. The van der Waals surface area contributed by atoms with E-state index >= 15 is 0 Å². The summed E-state index contributed by atoms with van der Waals surface area (Å²) in [5.41, 5.74) is 0.752. The number of hydrogen-bond acceptors (Lipinski definition) is 1. The van der Waals surface area contributed by atoms with Gasteiger partial charge in [0.25, 0.3) is 5.92 Å². The first kappa shape index (κ1) is 10.6. The molecule has 0 aliphatic heterocycles. The molecule has 0 saturated carbocycles. The fourth-order valence-corrected chi connectivity index (χ4v) is 1.19. The number of hydrogen-bond donors (Lipinski definition) is 0. The van der Waals surface area contributed by atoms with Crippen LogP contribution in [0.2, 0.25) is 0 Å². The Labute approximate surface area is 82.0 Å². The van der Waals surface area contributed by atoms with Gasteiger partial charge in [0.15, 0.2) is 0 Å². The molecule has 0 spiro atoms. The van der Waals surface area contributed by atoms with Gasteiger partial charge in [-0.25, -0.2) is 8.78 Å². The molecule has 0 aliphatic carbocycles. The topological polar surface area (TPSA) is 23.8 Å². The fourth-order valence-electron chi connectivity index (χ4n) is 1.19. The summed E-state index contributed by atoms with van der Waals surface area (Å²) >= 11 is 0. The normalized spacial score (nSPS) is 11.0. The molecule has 0 N–H and O–H groups in total. The number of alkyl halides is 2. The molecule has 0 radical (unpaired) electrons. The molecule has 0 unspecified atom stereocenters. The molecule has 0 saturated heterocycles. The predicted octanol–water partition coefficient (Wildman–Crippen LogP) is 3.15. The van der Waals surface area contributed by atoms with E-state index in [-0.39, 0.29) is 12.8 Å². The van der Waals surface area contributed by atoms with E-state index in [0.717, 1.165) is 0 Å². The van der Waals surface area contributed by atoms with Crippen LogP contribution in [0, 0.1) is 11.3 Å². The van der Waals surface area contributed by atoms with Crippen molar-refractivity contribution >= 4 is 0 Å². The highest BCUT2D eigenvalue weighted by Gasteiger charge is 2.27. The molecule has 1 rings (SSSR count). The van der Waals surface area contributed by atoms with E-state index in [2.05, 4.69) is 0 Å². The average molecular weight is 195 g/mol. The van der Waals surface area contributed by atoms with Crippen LogP contribution in [0.5, 0.6) is 0 Å². The molecule has 1 aromatic carbocycles. The van der Waals surface area contributed by atoms with Crippen molar-refractivity contribution < 1.29 is 8.78 Å². The van der Waals surface area contributed by atoms with E-state index in [1.807, 2.05) is 6.07 Å². The summed E-state index contributed by atoms with van der Waals surface area (Å²) in [6, 6.07) is 8.38. The third-order valence-corrected chi connectivity index (χ3v) is 2.10. The van der Waals surface area contributed by atoms with Crippen LogP contribution in [0.1, 0.15) is 24.5 Å². The first-order valence-corrected chi connectivity index (χ1v) is 4.45. The minimum absolute atomic E-state index is 0.202. The third kappa shape index (κ3) is 2.53. The van der Waals surface area contributed by atoms with Gasteiger partial charge < -0.3 is 0 Å². The lowest BCUT2D eigenvalue weighted by molar-refractivity contribution is -0.00225. The number of nitriles is 1. The van der Waals surface area contributed by atoms with E-state index < -0.39 is 5.92 Å². The monoisotopic (exact) mass is 195 g/mol. The van der Waals surface area contributed by atoms with Crippen LogP contribution in [0.15, 0.2) is 24.3 Å². The minimum atomic E-state index is -2.72. The Bertz CT molecular complexity index is 353. The van der Waals surface area contributed by atoms with Crippen LogP contribution in [-0.4, -0.2) is 5.92 Å².